The monoisotopic (exact) mass is 438 g/mol. The van der Waals surface area contributed by atoms with Gasteiger partial charge < -0.3 is 18.8 Å². The average molecular weight is 438 g/mol. The number of nitrogens with zero attached hydrogens (tertiary/aromatic N) is 4. The third-order valence-electron chi connectivity index (χ3n) is 6.24. The quantitative estimate of drug-likeness (QED) is 0.467. The van der Waals surface area contributed by atoms with Gasteiger partial charge in [-0.3, -0.25) is 4.90 Å². The van der Waals surface area contributed by atoms with Crippen molar-refractivity contribution in [3.8, 4) is 29.0 Å². The van der Waals surface area contributed by atoms with E-state index in [0.717, 1.165) is 60.6 Å². The smallest absolute Gasteiger partial charge is 0.235 e. The maximum Gasteiger partial charge on any atom is 0.235 e. The lowest BCUT2D eigenvalue weighted by molar-refractivity contribution is 0.174. The van der Waals surface area contributed by atoms with Gasteiger partial charge >= 0.3 is 0 Å². The van der Waals surface area contributed by atoms with Crippen LogP contribution in [0, 0.1) is 11.3 Å². The van der Waals surface area contributed by atoms with Crippen LogP contribution in [-0.2, 0) is 6.54 Å². The lowest BCUT2D eigenvalue weighted by Gasteiger charge is -2.34. The van der Waals surface area contributed by atoms with Gasteiger partial charge in [0.25, 0.3) is 0 Å². The molecular weight excluding hydrogens is 416 g/mol. The third kappa shape index (κ3) is 3.65. The van der Waals surface area contributed by atoms with Crippen molar-refractivity contribution >= 4 is 16.7 Å². The molecule has 0 aliphatic carbocycles. The average Bonchev–Trinajstić information content (AvgIpc) is 3.51. The van der Waals surface area contributed by atoms with Gasteiger partial charge in [0.2, 0.25) is 24.3 Å². The second-order valence-electron chi connectivity index (χ2n) is 8.26. The summed E-state index contributed by atoms with van der Waals surface area (Å²) >= 11 is 0. The standard InChI is InChI=1S/C26H22N4O3/c27-15-22-26(33-25(28-22)21-7-3-5-19-4-1-2-6-20(19)21)30-12-10-29(11-13-30)16-18-8-9-23-24(14-18)32-17-31-23/h1-9,14H,10-13,16-17H2. The Morgan fingerprint density at radius 2 is 1.73 bits per heavy atom. The van der Waals surface area contributed by atoms with Crippen LogP contribution >= 0.6 is 0 Å². The first-order valence-corrected chi connectivity index (χ1v) is 11.0. The Balaban J connectivity index is 1.19. The molecule has 2 aliphatic rings. The fourth-order valence-electron chi connectivity index (χ4n) is 4.53. The molecule has 0 atom stereocenters. The van der Waals surface area contributed by atoms with E-state index in [1.54, 1.807) is 0 Å². The van der Waals surface area contributed by atoms with Gasteiger partial charge in [-0.2, -0.15) is 10.2 Å². The lowest BCUT2D eigenvalue weighted by Crippen LogP contribution is -2.46. The lowest BCUT2D eigenvalue weighted by atomic mass is 10.0. The number of anilines is 1. The fourth-order valence-corrected chi connectivity index (χ4v) is 4.53. The molecule has 0 N–H and O–H groups in total. The van der Waals surface area contributed by atoms with E-state index in [2.05, 4.69) is 51.2 Å². The summed E-state index contributed by atoms with van der Waals surface area (Å²) in [6.07, 6.45) is 0. The minimum Gasteiger partial charge on any atom is -0.454 e. The van der Waals surface area contributed by atoms with E-state index in [9.17, 15) is 5.26 Å². The zero-order chi connectivity index (χ0) is 22.2. The molecular formula is C26H22N4O3. The van der Waals surface area contributed by atoms with Gasteiger partial charge in [0.1, 0.15) is 6.07 Å². The number of benzene rings is 3. The minimum absolute atomic E-state index is 0.288. The Bertz CT molecular complexity index is 1360. The summed E-state index contributed by atoms with van der Waals surface area (Å²) in [6.45, 7) is 4.39. The molecule has 4 aromatic rings. The minimum atomic E-state index is 0.288. The molecule has 2 aliphatic heterocycles. The predicted molar refractivity (Wildman–Crippen MR) is 124 cm³/mol. The second kappa shape index (κ2) is 8.15. The van der Waals surface area contributed by atoms with E-state index < -0.39 is 0 Å². The zero-order valence-corrected chi connectivity index (χ0v) is 18.0. The van der Waals surface area contributed by atoms with E-state index in [-0.39, 0.29) is 6.79 Å². The van der Waals surface area contributed by atoms with Crippen molar-refractivity contribution in [1.29, 1.82) is 5.26 Å². The number of hydrogen-bond donors (Lipinski definition) is 0. The van der Waals surface area contributed by atoms with E-state index in [0.29, 0.717) is 17.5 Å². The molecule has 0 saturated carbocycles. The molecule has 0 spiro atoms. The Hall–Kier alpha value is -4.02. The summed E-state index contributed by atoms with van der Waals surface area (Å²) in [7, 11) is 0. The van der Waals surface area contributed by atoms with Crippen molar-refractivity contribution in [1.82, 2.24) is 9.88 Å². The molecule has 0 amide bonds. The van der Waals surface area contributed by atoms with Crippen molar-refractivity contribution in [3.63, 3.8) is 0 Å². The van der Waals surface area contributed by atoms with Crippen molar-refractivity contribution in [2.75, 3.05) is 37.9 Å². The number of nitriles is 1. The molecule has 3 heterocycles. The first-order valence-electron chi connectivity index (χ1n) is 11.0. The SMILES string of the molecule is N#Cc1nc(-c2cccc3ccccc23)oc1N1CCN(Cc2ccc3c(c2)OCO3)CC1. The van der Waals surface area contributed by atoms with Crippen molar-refractivity contribution in [2.45, 2.75) is 6.54 Å². The largest absolute Gasteiger partial charge is 0.454 e. The fraction of sp³-hybridized carbons (Fsp3) is 0.231. The van der Waals surface area contributed by atoms with Crippen LogP contribution in [0.5, 0.6) is 11.5 Å². The van der Waals surface area contributed by atoms with Crippen LogP contribution < -0.4 is 14.4 Å². The van der Waals surface area contributed by atoms with E-state index >= 15 is 0 Å². The Morgan fingerprint density at radius 3 is 2.61 bits per heavy atom. The normalized spacial score (nSPS) is 15.7. The van der Waals surface area contributed by atoms with Crippen LogP contribution in [0.25, 0.3) is 22.2 Å². The molecule has 0 unspecified atom stereocenters. The zero-order valence-electron chi connectivity index (χ0n) is 18.0. The van der Waals surface area contributed by atoms with Crippen LogP contribution in [0.1, 0.15) is 11.3 Å². The highest BCUT2D eigenvalue weighted by Crippen LogP contribution is 2.34. The molecule has 33 heavy (non-hydrogen) atoms. The number of piperazine rings is 1. The summed E-state index contributed by atoms with van der Waals surface area (Å²) in [5, 5.41) is 11.9. The summed E-state index contributed by atoms with van der Waals surface area (Å²) in [6, 6.07) is 22.5. The van der Waals surface area contributed by atoms with Crippen LogP contribution in [0.15, 0.2) is 65.1 Å². The van der Waals surface area contributed by atoms with Gasteiger partial charge in [-0.1, -0.05) is 42.5 Å². The Morgan fingerprint density at radius 1 is 0.909 bits per heavy atom. The van der Waals surface area contributed by atoms with Gasteiger partial charge in [-0.05, 0) is 34.5 Å². The van der Waals surface area contributed by atoms with Crippen molar-refractivity contribution < 1.29 is 13.9 Å². The summed E-state index contributed by atoms with van der Waals surface area (Å²) in [5.74, 6) is 2.66. The molecule has 3 aromatic carbocycles. The first-order chi connectivity index (χ1) is 16.3. The number of oxazole rings is 1. The topological polar surface area (TPSA) is 74.8 Å². The van der Waals surface area contributed by atoms with Crippen LogP contribution in [-0.4, -0.2) is 42.9 Å². The molecule has 1 fully saturated rings. The van der Waals surface area contributed by atoms with Crippen LogP contribution in [0.3, 0.4) is 0 Å². The van der Waals surface area contributed by atoms with Gasteiger partial charge in [0.05, 0.1) is 0 Å². The molecule has 1 saturated heterocycles. The van der Waals surface area contributed by atoms with Crippen LogP contribution in [0.4, 0.5) is 5.88 Å². The summed E-state index contributed by atoms with van der Waals surface area (Å²) < 4.78 is 17.1. The third-order valence-corrected chi connectivity index (χ3v) is 6.24. The maximum absolute atomic E-state index is 9.71. The van der Waals surface area contributed by atoms with Gasteiger partial charge in [-0.25, -0.2) is 0 Å². The highest BCUT2D eigenvalue weighted by atomic mass is 16.7. The van der Waals surface area contributed by atoms with Gasteiger partial charge in [0.15, 0.2) is 11.5 Å². The van der Waals surface area contributed by atoms with E-state index in [1.165, 1.54) is 5.56 Å². The molecule has 7 heteroatoms. The highest BCUT2D eigenvalue weighted by Gasteiger charge is 2.25. The molecule has 1 aromatic heterocycles. The maximum atomic E-state index is 9.71. The number of rotatable bonds is 4. The number of fused-ring (bicyclic) bond motifs is 2. The number of hydrogen-bond acceptors (Lipinski definition) is 7. The molecule has 0 radical (unpaired) electrons. The molecule has 0 bridgehead atoms. The second-order valence-corrected chi connectivity index (χ2v) is 8.26. The number of aromatic nitrogens is 1. The predicted octanol–water partition coefficient (Wildman–Crippen LogP) is 4.42. The molecule has 7 nitrogen and oxygen atoms in total. The van der Waals surface area contributed by atoms with Crippen LogP contribution in [0.2, 0.25) is 0 Å². The molecule has 6 rings (SSSR count). The first kappa shape index (κ1) is 19.6. The van der Waals surface area contributed by atoms with Crippen molar-refractivity contribution in [3.05, 3.63) is 71.9 Å². The summed E-state index contributed by atoms with van der Waals surface area (Å²) in [4.78, 5) is 9.05. The van der Waals surface area contributed by atoms with Gasteiger partial charge in [-0.15, -0.1) is 0 Å². The Kier molecular flexibility index (Phi) is 4.85. The Labute approximate surface area is 191 Å². The van der Waals surface area contributed by atoms with E-state index in [1.807, 2.05) is 30.3 Å². The van der Waals surface area contributed by atoms with Gasteiger partial charge in [0, 0.05) is 38.3 Å². The number of ether oxygens (including phenoxy) is 2. The highest BCUT2D eigenvalue weighted by molar-refractivity contribution is 5.94. The molecule has 164 valence electrons. The van der Waals surface area contributed by atoms with Crippen molar-refractivity contribution in [2.24, 2.45) is 0 Å². The summed E-state index contributed by atoms with van der Waals surface area (Å²) in [5.41, 5.74) is 2.43. The van der Waals surface area contributed by atoms with E-state index in [4.69, 9.17) is 13.9 Å².